The van der Waals surface area contributed by atoms with Crippen molar-refractivity contribution in [2.45, 2.75) is 13.3 Å². The maximum Gasteiger partial charge on any atom is 0.253 e. The van der Waals surface area contributed by atoms with Crippen LogP contribution in [0.4, 0.5) is 4.39 Å². The summed E-state index contributed by atoms with van der Waals surface area (Å²) in [5.74, 6) is 0.421. The molecule has 0 bridgehead atoms. The Labute approximate surface area is 107 Å². The molecule has 2 unspecified atom stereocenters. The fourth-order valence-electron chi connectivity index (χ4n) is 2.44. The fourth-order valence-corrected chi connectivity index (χ4v) is 2.44. The van der Waals surface area contributed by atoms with E-state index in [1.807, 2.05) is 0 Å². The topological polar surface area (TPSA) is 46.3 Å². The number of benzene rings is 1. The van der Waals surface area contributed by atoms with Gasteiger partial charge < -0.3 is 10.6 Å². The molecule has 1 aromatic rings. The summed E-state index contributed by atoms with van der Waals surface area (Å²) in [6.07, 6.45) is 0.961. The van der Waals surface area contributed by atoms with Crippen molar-refractivity contribution in [1.82, 2.24) is 4.90 Å². The molecular formula is C14H19FN2O. The normalized spacial score (nSPS) is 24.1. The highest BCUT2D eigenvalue weighted by atomic mass is 19.1. The molecule has 1 heterocycles. The summed E-state index contributed by atoms with van der Waals surface area (Å²) < 4.78 is 13.1. The van der Waals surface area contributed by atoms with E-state index in [1.165, 1.54) is 12.1 Å². The second-order valence-electron chi connectivity index (χ2n) is 5.02. The van der Waals surface area contributed by atoms with Gasteiger partial charge in [-0.2, -0.15) is 0 Å². The first-order valence-corrected chi connectivity index (χ1v) is 6.36. The average molecular weight is 250 g/mol. The molecular weight excluding hydrogens is 231 g/mol. The van der Waals surface area contributed by atoms with E-state index in [9.17, 15) is 9.18 Å². The van der Waals surface area contributed by atoms with E-state index in [1.54, 1.807) is 17.0 Å². The number of carbonyl (C=O) groups is 1. The molecule has 2 N–H and O–H groups in total. The highest BCUT2D eigenvalue weighted by Gasteiger charge is 2.28. The number of hydrogen-bond acceptors (Lipinski definition) is 2. The van der Waals surface area contributed by atoms with Crippen LogP contribution in [0.25, 0.3) is 0 Å². The molecule has 2 atom stereocenters. The van der Waals surface area contributed by atoms with Crippen LogP contribution in [0.1, 0.15) is 23.7 Å². The third kappa shape index (κ3) is 2.70. The number of piperidine rings is 1. The molecule has 4 heteroatoms. The van der Waals surface area contributed by atoms with Gasteiger partial charge in [0.1, 0.15) is 5.82 Å². The van der Waals surface area contributed by atoms with E-state index in [0.717, 1.165) is 13.0 Å². The van der Waals surface area contributed by atoms with Gasteiger partial charge >= 0.3 is 0 Å². The van der Waals surface area contributed by atoms with Crippen molar-refractivity contribution in [3.8, 4) is 0 Å². The van der Waals surface area contributed by atoms with Gasteiger partial charge in [0.25, 0.3) is 5.91 Å². The number of nitrogens with two attached hydrogens (primary N) is 1. The third-order valence-corrected chi connectivity index (χ3v) is 3.78. The molecule has 0 aromatic heterocycles. The molecule has 1 fully saturated rings. The first-order chi connectivity index (χ1) is 8.61. The molecule has 2 rings (SSSR count). The number of likely N-dealkylation sites (tertiary alicyclic amines) is 1. The SMILES string of the molecule is CC1CCN(C(=O)c2cccc(F)c2)CC1CN. The Hall–Kier alpha value is -1.42. The molecule has 1 aromatic carbocycles. The highest BCUT2D eigenvalue weighted by molar-refractivity contribution is 5.94. The summed E-state index contributed by atoms with van der Waals surface area (Å²) in [4.78, 5) is 14.0. The van der Waals surface area contributed by atoms with E-state index in [4.69, 9.17) is 5.73 Å². The number of rotatable bonds is 2. The molecule has 98 valence electrons. The number of amides is 1. The summed E-state index contributed by atoms with van der Waals surface area (Å²) in [5, 5.41) is 0. The second-order valence-corrected chi connectivity index (χ2v) is 5.02. The van der Waals surface area contributed by atoms with Gasteiger partial charge in [-0.25, -0.2) is 4.39 Å². The minimum Gasteiger partial charge on any atom is -0.338 e. The fraction of sp³-hybridized carbons (Fsp3) is 0.500. The summed E-state index contributed by atoms with van der Waals surface area (Å²) in [6, 6.07) is 5.85. The van der Waals surface area contributed by atoms with Crippen molar-refractivity contribution in [2.75, 3.05) is 19.6 Å². The van der Waals surface area contributed by atoms with E-state index in [-0.39, 0.29) is 11.7 Å². The van der Waals surface area contributed by atoms with Crippen LogP contribution in [-0.2, 0) is 0 Å². The van der Waals surface area contributed by atoms with Gasteiger partial charge in [0.15, 0.2) is 0 Å². The molecule has 1 amide bonds. The molecule has 1 saturated heterocycles. The van der Waals surface area contributed by atoms with Crippen molar-refractivity contribution >= 4 is 5.91 Å². The minimum atomic E-state index is -0.374. The van der Waals surface area contributed by atoms with Crippen molar-refractivity contribution in [2.24, 2.45) is 17.6 Å². The first-order valence-electron chi connectivity index (χ1n) is 6.36. The Morgan fingerprint density at radius 3 is 3.00 bits per heavy atom. The Morgan fingerprint density at radius 2 is 2.33 bits per heavy atom. The van der Waals surface area contributed by atoms with Crippen molar-refractivity contribution in [3.05, 3.63) is 35.6 Å². The van der Waals surface area contributed by atoms with Gasteiger partial charge in [0, 0.05) is 18.7 Å². The molecule has 18 heavy (non-hydrogen) atoms. The van der Waals surface area contributed by atoms with Gasteiger partial charge in [0.05, 0.1) is 0 Å². The van der Waals surface area contributed by atoms with E-state index >= 15 is 0 Å². The monoisotopic (exact) mass is 250 g/mol. The zero-order valence-corrected chi connectivity index (χ0v) is 10.6. The lowest BCUT2D eigenvalue weighted by Gasteiger charge is -2.36. The Morgan fingerprint density at radius 1 is 1.56 bits per heavy atom. The average Bonchev–Trinajstić information content (AvgIpc) is 2.38. The van der Waals surface area contributed by atoms with Crippen LogP contribution in [-0.4, -0.2) is 30.4 Å². The molecule has 0 spiro atoms. The van der Waals surface area contributed by atoms with Crippen molar-refractivity contribution in [3.63, 3.8) is 0 Å². The Kier molecular flexibility index (Phi) is 3.97. The zero-order valence-electron chi connectivity index (χ0n) is 10.6. The van der Waals surface area contributed by atoms with Gasteiger partial charge in [-0.15, -0.1) is 0 Å². The molecule has 0 radical (unpaired) electrons. The molecule has 0 saturated carbocycles. The van der Waals surface area contributed by atoms with Gasteiger partial charge in [-0.3, -0.25) is 4.79 Å². The molecule has 1 aliphatic rings. The van der Waals surface area contributed by atoms with Crippen LogP contribution in [0.5, 0.6) is 0 Å². The minimum absolute atomic E-state index is 0.0974. The van der Waals surface area contributed by atoms with Crippen LogP contribution in [0.2, 0.25) is 0 Å². The standard InChI is InChI=1S/C14H19FN2O/c1-10-5-6-17(9-12(10)8-16)14(18)11-3-2-4-13(15)7-11/h2-4,7,10,12H,5-6,8-9,16H2,1H3. The molecule has 0 aliphatic carbocycles. The van der Waals surface area contributed by atoms with Crippen LogP contribution in [0, 0.1) is 17.7 Å². The Bertz CT molecular complexity index is 436. The van der Waals surface area contributed by atoms with Crippen LogP contribution >= 0.6 is 0 Å². The summed E-state index contributed by atoms with van der Waals surface area (Å²) >= 11 is 0. The molecule has 1 aliphatic heterocycles. The lowest BCUT2D eigenvalue weighted by molar-refractivity contribution is 0.0618. The highest BCUT2D eigenvalue weighted by Crippen LogP contribution is 2.23. The zero-order chi connectivity index (χ0) is 13.1. The Balaban J connectivity index is 2.10. The van der Waals surface area contributed by atoms with E-state index in [0.29, 0.717) is 30.5 Å². The van der Waals surface area contributed by atoms with Gasteiger partial charge in [-0.1, -0.05) is 13.0 Å². The van der Waals surface area contributed by atoms with Crippen molar-refractivity contribution < 1.29 is 9.18 Å². The lowest BCUT2D eigenvalue weighted by Crippen LogP contribution is -2.45. The maximum absolute atomic E-state index is 13.1. The van der Waals surface area contributed by atoms with Crippen LogP contribution in [0.3, 0.4) is 0 Å². The smallest absolute Gasteiger partial charge is 0.253 e. The number of hydrogen-bond donors (Lipinski definition) is 1. The number of nitrogens with zero attached hydrogens (tertiary/aromatic N) is 1. The second kappa shape index (κ2) is 5.48. The number of halogens is 1. The lowest BCUT2D eigenvalue weighted by atomic mass is 9.87. The number of carbonyl (C=O) groups excluding carboxylic acids is 1. The summed E-state index contributed by atoms with van der Waals surface area (Å²) in [7, 11) is 0. The largest absolute Gasteiger partial charge is 0.338 e. The quantitative estimate of drug-likeness (QED) is 0.871. The van der Waals surface area contributed by atoms with Gasteiger partial charge in [-0.05, 0) is 43.0 Å². The summed E-state index contributed by atoms with van der Waals surface area (Å²) in [6.45, 7) is 4.16. The van der Waals surface area contributed by atoms with Crippen LogP contribution < -0.4 is 5.73 Å². The van der Waals surface area contributed by atoms with Crippen LogP contribution in [0.15, 0.2) is 24.3 Å². The third-order valence-electron chi connectivity index (χ3n) is 3.78. The summed E-state index contributed by atoms with van der Waals surface area (Å²) in [5.41, 5.74) is 6.14. The van der Waals surface area contributed by atoms with Crippen molar-refractivity contribution in [1.29, 1.82) is 0 Å². The maximum atomic E-state index is 13.1. The van der Waals surface area contributed by atoms with E-state index in [2.05, 4.69) is 6.92 Å². The first kappa shape index (κ1) is 13.0. The molecule has 3 nitrogen and oxygen atoms in total. The van der Waals surface area contributed by atoms with Gasteiger partial charge in [0.2, 0.25) is 0 Å². The van der Waals surface area contributed by atoms with E-state index < -0.39 is 0 Å². The predicted molar refractivity (Wildman–Crippen MR) is 68.6 cm³/mol. The predicted octanol–water partition coefficient (Wildman–Crippen LogP) is 1.88.